The van der Waals surface area contributed by atoms with Gasteiger partial charge in [-0.25, -0.2) is 4.98 Å². The van der Waals surface area contributed by atoms with Crippen LogP contribution in [0.3, 0.4) is 0 Å². The maximum absolute atomic E-state index is 6.12. The topological polar surface area (TPSA) is 36.3 Å². The van der Waals surface area contributed by atoms with Crippen LogP contribution in [0.5, 0.6) is 11.5 Å². The summed E-state index contributed by atoms with van der Waals surface area (Å²) < 4.78 is 14.3. The quantitative estimate of drug-likeness (QED) is 0.365. The number of halogens is 1. The standard InChI is InChI=1S/C24H23ClN2O2/c1-17-6-5-7-21(16-17)28-15-14-27-23-9-4-3-8-22(23)26-24(27)18(2)29-20-12-10-19(25)11-13-20/h3-13,16,18H,14-15H2,1-2H3. The number of hydrogen-bond donors (Lipinski definition) is 0. The number of rotatable bonds is 7. The van der Waals surface area contributed by atoms with Gasteiger partial charge in [-0.15, -0.1) is 0 Å². The molecule has 0 saturated heterocycles. The van der Waals surface area contributed by atoms with Crippen molar-refractivity contribution in [3.05, 3.63) is 89.2 Å². The number of nitrogens with zero attached hydrogens (tertiary/aromatic N) is 2. The average Bonchev–Trinajstić information content (AvgIpc) is 3.09. The molecule has 0 bridgehead atoms. The number of benzene rings is 3. The molecule has 5 heteroatoms. The van der Waals surface area contributed by atoms with Crippen molar-refractivity contribution in [2.24, 2.45) is 0 Å². The van der Waals surface area contributed by atoms with Crippen molar-refractivity contribution < 1.29 is 9.47 Å². The molecule has 0 spiro atoms. The summed E-state index contributed by atoms with van der Waals surface area (Å²) in [4.78, 5) is 4.82. The van der Waals surface area contributed by atoms with Gasteiger partial charge in [0.2, 0.25) is 0 Å². The van der Waals surface area contributed by atoms with E-state index in [9.17, 15) is 0 Å². The summed E-state index contributed by atoms with van der Waals surface area (Å²) in [6.45, 7) is 5.29. The van der Waals surface area contributed by atoms with E-state index >= 15 is 0 Å². The second-order valence-corrected chi connectivity index (χ2v) is 7.43. The Morgan fingerprint density at radius 2 is 1.76 bits per heavy atom. The first kappa shape index (κ1) is 19.3. The van der Waals surface area contributed by atoms with Gasteiger partial charge in [0.1, 0.15) is 18.1 Å². The van der Waals surface area contributed by atoms with Crippen LogP contribution in [0.15, 0.2) is 72.8 Å². The minimum atomic E-state index is -0.220. The fourth-order valence-corrected chi connectivity index (χ4v) is 3.50. The van der Waals surface area contributed by atoms with Gasteiger partial charge in [-0.05, 0) is 67.9 Å². The van der Waals surface area contributed by atoms with E-state index in [0.29, 0.717) is 18.2 Å². The lowest BCUT2D eigenvalue weighted by atomic mass is 10.2. The fraction of sp³-hybridized carbons (Fsp3) is 0.208. The first-order valence-electron chi connectivity index (χ1n) is 9.67. The highest BCUT2D eigenvalue weighted by molar-refractivity contribution is 6.30. The second kappa shape index (κ2) is 8.58. The minimum Gasteiger partial charge on any atom is -0.492 e. The summed E-state index contributed by atoms with van der Waals surface area (Å²) in [5.74, 6) is 2.51. The van der Waals surface area contributed by atoms with Crippen LogP contribution in [0.1, 0.15) is 24.4 Å². The molecule has 0 aliphatic heterocycles. The highest BCUT2D eigenvalue weighted by atomic mass is 35.5. The molecule has 1 heterocycles. The van der Waals surface area contributed by atoms with Crippen molar-refractivity contribution in [2.75, 3.05) is 6.61 Å². The van der Waals surface area contributed by atoms with Crippen molar-refractivity contribution in [1.82, 2.24) is 9.55 Å². The summed E-state index contributed by atoms with van der Waals surface area (Å²) in [5, 5.41) is 0.686. The van der Waals surface area contributed by atoms with Gasteiger partial charge < -0.3 is 14.0 Å². The Balaban J connectivity index is 1.55. The van der Waals surface area contributed by atoms with Crippen LogP contribution in [-0.4, -0.2) is 16.2 Å². The minimum absolute atomic E-state index is 0.220. The molecule has 0 fully saturated rings. The van der Waals surface area contributed by atoms with E-state index in [0.717, 1.165) is 28.4 Å². The molecule has 4 aromatic rings. The smallest absolute Gasteiger partial charge is 0.153 e. The van der Waals surface area contributed by atoms with E-state index < -0.39 is 0 Å². The van der Waals surface area contributed by atoms with Crippen molar-refractivity contribution >= 4 is 22.6 Å². The van der Waals surface area contributed by atoms with E-state index in [4.69, 9.17) is 26.1 Å². The van der Waals surface area contributed by atoms with E-state index in [1.807, 2.05) is 67.6 Å². The molecular formula is C24H23ClN2O2. The Bertz CT molecular complexity index is 1110. The van der Waals surface area contributed by atoms with Gasteiger partial charge in [0.15, 0.2) is 11.9 Å². The third kappa shape index (κ3) is 4.54. The SMILES string of the molecule is Cc1cccc(OCCn2c(C(C)Oc3ccc(Cl)cc3)nc3ccccc32)c1. The zero-order valence-electron chi connectivity index (χ0n) is 16.5. The second-order valence-electron chi connectivity index (χ2n) is 6.99. The number of aryl methyl sites for hydroxylation is 1. The zero-order chi connectivity index (χ0) is 20.2. The predicted molar refractivity (Wildman–Crippen MR) is 117 cm³/mol. The zero-order valence-corrected chi connectivity index (χ0v) is 17.3. The van der Waals surface area contributed by atoms with Gasteiger partial charge in [0.05, 0.1) is 17.6 Å². The molecule has 0 aliphatic rings. The highest BCUT2D eigenvalue weighted by Gasteiger charge is 2.18. The summed E-state index contributed by atoms with van der Waals surface area (Å²) in [5.41, 5.74) is 3.20. The van der Waals surface area contributed by atoms with Gasteiger partial charge in [0.25, 0.3) is 0 Å². The molecule has 1 aromatic heterocycles. The number of para-hydroxylation sites is 2. The molecule has 148 valence electrons. The predicted octanol–water partition coefficient (Wildman–Crippen LogP) is 6.22. The Hall–Kier alpha value is -2.98. The van der Waals surface area contributed by atoms with Crippen molar-refractivity contribution in [3.63, 3.8) is 0 Å². The monoisotopic (exact) mass is 406 g/mol. The number of imidazole rings is 1. The first-order valence-corrected chi connectivity index (χ1v) is 10.0. The van der Waals surface area contributed by atoms with Gasteiger partial charge >= 0.3 is 0 Å². The molecule has 29 heavy (non-hydrogen) atoms. The van der Waals surface area contributed by atoms with Gasteiger partial charge in [-0.3, -0.25) is 0 Å². The first-order chi connectivity index (χ1) is 14.1. The average molecular weight is 407 g/mol. The largest absolute Gasteiger partial charge is 0.492 e. The highest BCUT2D eigenvalue weighted by Crippen LogP contribution is 2.26. The molecule has 0 saturated carbocycles. The third-order valence-electron chi connectivity index (χ3n) is 4.75. The van der Waals surface area contributed by atoms with Crippen LogP contribution in [0.4, 0.5) is 0 Å². The van der Waals surface area contributed by atoms with Crippen LogP contribution < -0.4 is 9.47 Å². The lowest BCUT2D eigenvalue weighted by molar-refractivity contribution is 0.207. The molecule has 0 N–H and O–H groups in total. The summed E-state index contributed by atoms with van der Waals surface area (Å²) in [6, 6.07) is 23.6. The van der Waals surface area contributed by atoms with Gasteiger partial charge in [-0.2, -0.15) is 0 Å². The van der Waals surface area contributed by atoms with Crippen LogP contribution in [0, 0.1) is 6.92 Å². The lowest BCUT2D eigenvalue weighted by Gasteiger charge is -2.17. The normalized spacial score (nSPS) is 12.1. The Morgan fingerprint density at radius 1 is 0.966 bits per heavy atom. The van der Waals surface area contributed by atoms with Crippen molar-refractivity contribution in [3.8, 4) is 11.5 Å². The Kier molecular flexibility index (Phi) is 5.72. The van der Waals surface area contributed by atoms with Gasteiger partial charge in [0, 0.05) is 5.02 Å². The lowest BCUT2D eigenvalue weighted by Crippen LogP contribution is -2.15. The molecule has 4 rings (SSSR count). The van der Waals surface area contributed by atoms with E-state index in [1.165, 1.54) is 5.56 Å². The van der Waals surface area contributed by atoms with Crippen LogP contribution in [-0.2, 0) is 6.54 Å². The molecule has 4 nitrogen and oxygen atoms in total. The number of ether oxygens (including phenoxy) is 2. The van der Waals surface area contributed by atoms with Crippen LogP contribution >= 0.6 is 11.6 Å². The Morgan fingerprint density at radius 3 is 2.55 bits per heavy atom. The number of hydrogen-bond acceptors (Lipinski definition) is 3. The Labute approximate surface area is 175 Å². The molecular weight excluding hydrogens is 384 g/mol. The molecule has 1 unspecified atom stereocenters. The fourth-order valence-electron chi connectivity index (χ4n) is 3.37. The van der Waals surface area contributed by atoms with E-state index in [-0.39, 0.29) is 6.10 Å². The number of aromatic nitrogens is 2. The summed E-state index contributed by atoms with van der Waals surface area (Å²) in [6.07, 6.45) is -0.220. The van der Waals surface area contributed by atoms with E-state index in [2.05, 4.69) is 23.6 Å². The molecule has 0 amide bonds. The van der Waals surface area contributed by atoms with E-state index in [1.54, 1.807) is 0 Å². The summed E-state index contributed by atoms with van der Waals surface area (Å²) >= 11 is 5.98. The van der Waals surface area contributed by atoms with Crippen LogP contribution in [0.2, 0.25) is 5.02 Å². The van der Waals surface area contributed by atoms with Crippen LogP contribution in [0.25, 0.3) is 11.0 Å². The van der Waals surface area contributed by atoms with Crippen molar-refractivity contribution in [2.45, 2.75) is 26.5 Å². The maximum atomic E-state index is 6.12. The molecule has 0 aliphatic carbocycles. The molecule has 0 radical (unpaired) electrons. The number of fused-ring (bicyclic) bond motifs is 1. The third-order valence-corrected chi connectivity index (χ3v) is 5.00. The molecule has 3 aromatic carbocycles. The van der Waals surface area contributed by atoms with Gasteiger partial charge in [-0.1, -0.05) is 35.9 Å². The van der Waals surface area contributed by atoms with Crippen molar-refractivity contribution in [1.29, 1.82) is 0 Å². The maximum Gasteiger partial charge on any atom is 0.153 e. The summed E-state index contributed by atoms with van der Waals surface area (Å²) in [7, 11) is 0. The molecule has 1 atom stereocenters.